The summed E-state index contributed by atoms with van der Waals surface area (Å²) in [5.74, 6) is 0.0729. The molecule has 0 saturated heterocycles. The van der Waals surface area contributed by atoms with Gasteiger partial charge in [0.2, 0.25) is 5.91 Å². The molecular weight excluding hydrogens is 274 g/mol. The van der Waals surface area contributed by atoms with Gasteiger partial charge in [-0.1, -0.05) is 0 Å². The lowest BCUT2D eigenvalue weighted by Gasteiger charge is -2.41. The second kappa shape index (κ2) is 6.03. The molecule has 1 saturated carbocycles. The van der Waals surface area contributed by atoms with Gasteiger partial charge in [-0.25, -0.2) is 0 Å². The SMILES string of the molecule is COC(=O)CC1(Oc2ccc(C(N)=O)cc2OC)CCC1. The van der Waals surface area contributed by atoms with Crippen LogP contribution in [-0.2, 0) is 9.53 Å². The molecule has 0 unspecified atom stereocenters. The summed E-state index contributed by atoms with van der Waals surface area (Å²) in [6.07, 6.45) is 2.76. The molecule has 1 aromatic rings. The van der Waals surface area contributed by atoms with Crippen LogP contribution in [0.25, 0.3) is 0 Å². The molecule has 2 rings (SSSR count). The Labute approximate surface area is 123 Å². The summed E-state index contributed by atoms with van der Waals surface area (Å²) in [6.45, 7) is 0. The highest BCUT2D eigenvalue weighted by Gasteiger charge is 2.42. The van der Waals surface area contributed by atoms with E-state index in [9.17, 15) is 9.59 Å². The average molecular weight is 293 g/mol. The summed E-state index contributed by atoms with van der Waals surface area (Å²) >= 11 is 0. The van der Waals surface area contributed by atoms with Crippen molar-refractivity contribution in [2.75, 3.05) is 14.2 Å². The topological polar surface area (TPSA) is 87.9 Å². The number of esters is 1. The largest absolute Gasteiger partial charge is 0.493 e. The number of hydrogen-bond acceptors (Lipinski definition) is 5. The molecule has 0 aromatic heterocycles. The smallest absolute Gasteiger partial charge is 0.309 e. The van der Waals surface area contributed by atoms with E-state index < -0.39 is 11.5 Å². The van der Waals surface area contributed by atoms with Crippen LogP contribution in [0.1, 0.15) is 36.0 Å². The summed E-state index contributed by atoms with van der Waals surface area (Å²) in [7, 11) is 2.84. The highest BCUT2D eigenvalue weighted by molar-refractivity contribution is 5.93. The molecule has 6 nitrogen and oxygen atoms in total. The molecule has 0 atom stereocenters. The molecule has 0 radical (unpaired) electrons. The maximum Gasteiger partial charge on any atom is 0.309 e. The lowest BCUT2D eigenvalue weighted by atomic mass is 9.77. The van der Waals surface area contributed by atoms with Crippen molar-refractivity contribution < 1.29 is 23.8 Å². The lowest BCUT2D eigenvalue weighted by molar-refractivity contribution is -0.148. The van der Waals surface area contributed by atoms with Crippen molar-refractivity contribution >= 4 is 11.9 Å². The second-order valence-corrected chi connectivity index (χ2v) is 5.12. The van der Waals surface area contributed by atoms with E-state index in [2.05, 4.69) is 0 Å². The van der Waals surface area contributed by atoms with E-state index in [1.807, 2.05) is 0 Å². The zero-order valence-electron chi connectivity index (χ0n) is 12.2. The number of primary amides is 1. The van der Waals surface area contributed by atoms with Crippen molar-refractivity contribution in [1.82, 2.24) is 0 Å². The van der Waals surface area contributed by atoms with Crippen LogP contribution in [0.4, 0.5) is 0 Å². The zero-order valence-corrected chi connectivity index (χ0v) is 12.2. The average Bonchev–Trinajstić information content (AvgIpc) is 2.44. The third kappa shape index (κ3) is 3.26. The van der Waals surface area contributed by atoms with Crippen LogP contribution in [0, 0.1) is 0 Å². The molecule has 0 spiro atoms. The van der Waals surface area contributed by atoms with E-state index >= 15 is 0 Å². The minimum Gasteiger partial charge on any atom is -0.493 e. The maximum absolute atomic E-state index is 11.5. The molecule has 1 aliphatic rings. The Morgan fingerprint density at radius 1 is 1.24 bits per heavy atom. The Morgan fingerprint density at radius 3 is 2.43 bits per heavy atom. The molecular formula is C15H19NO5. The van der Waals surface area contributed by atoms with Gasteiger partial charge in [0.05, 0.1) is 20.6 Å². The minimum absolute atomic E-state index is 0.199. The Kier molecular flexibility index (Phi) is 4.35. The van der Waals surface area contributed by atoms with Gasteiger partial charge in [0.1, 0.15) is 5.60 Å². The standard InChI is InChI=1S/C15H19NO5/c1-19-12-8-10(14(16)18)4-5-11(12)21-15(6-3-7-15)9-13(17)20-2/h4-5,8H,3,6-7,9H2,1-2H3,(H2,16,18). The fourth-order valence-corrected chi connectivity index (χ4v) is 2.36. The van der Waals surface area contributed by atoms with Crippen molar-refractivity contribution in [2.24, 2.45) is 5.73 Å². The van der Waals surface area contributed by atoms with E-state index in [4.69, 9.17) is 19.9 Å². The van der Waals surface area contributed by atoms with Gasteiger partial charge in [-0.3, -0.25) is 9.59 Å². The molecule has 2 N–H and O–H groups in total. The van der Waals surface area contributed by atoms with E-state index in [0.29, 0.717) is 17.1 Å². The van der Waals surface area contributed by atoms with Gasteiger partial charge < -0.3 is 19.9 Å². The minimum atomic E-state index is -0.547. The third-order valence-electron chi connectivity index (χ3n) is 3.73. The van der Waals surface area contributed by atoms with Crippen molar-refractivity contribution in [2.45, 2.75) is 31.3 Å². The van der Waals surface area contributed by atoms with Crippen LogP contribution >= 0.6 is 0 Å². The third-order valence-corrected chi connectivity index (χ3v) is 3.73. The summed E-state index contributed by atoms with van der Waals surface area (Å²) in [5.41, 5.74) is 5.03. The van der Waals surface area contributed by atoms with E-state index in [0.717, 1.165) is 19.3 Å². The van der Waals surface area contributed by atoms with Crippen LogP contribution in [0.3, 0.4) is 0 Å². The summed E-state index contributed by atoms with van der Waals surface area (Å²) in [6, 6.07) is 4.74. The normalized spacial score (nSPS) is 15.7. The van der Waals surface area contributed by atoms with Gasteiger partial charge in [0.15, 0.2) is 11.5 Å². The van der Waals surface area contributed by atoms with Gasteiger partial charge in [0, 0.05) is 5.56 Å². The predicted molar refractivity (Wildman–Crippen MR) is 75.4 cm³/mol. The molecule has 0 bridgehead atoms. The van der Waals surface area contributed by atoms with Crippen LogP contribution in [0.15, 0.2) is 18.2 Å². The van der Waals surface area contributed by atoms with Gasteiger partial charge in [-0.05, 0) is 37.5 Å². The first-order valence-corrected chi connectivity index (χ1v) is 6.73. The molecule has 114 valence electrons. The quantitative estimate of drug-likeness (QED) is 0.806. The van der Waals surface area contributed by atoms with Gasteiger partial charge >= 0.3 is 5.97 Å². The Hall–Kier alpha value is -2.24. The van der Waals surface area contributed by atoms with E-state index in [1.165, 1.54) is 20.3 Å². The highest BCUT2D eigenvalue weighted by Crippen LogP contribution is 2.42. The first kappa shape index (κ1) is 15.2. The van der Waals surface area contributed by atoms with Crippen LogP contribution in [0.2, 0.25) is 0 Å². The number of nitrogens with two attached hydrogens (primary N) is 1. The highest BCUT2D eigenvalue weighted by atomic mass is 16.5. The summed E-state index contributed by atoms with van der Waals surface area (Å²) in [4.78, 5) is 22.7. The fraction of sp³-hybridized carbons (Fsp3) is 0.467. The number of carbonyl (C=O) groups is 2. The number of rotatable bonds is 6. The number of methoxy groups -OCH3 is 2. The summed E-state index contributed by atoms with van der Waals surface area (Å²) < 4.78 is 15.9. The molecule has 0 heterocycles. The molecule has 1 fully saturated rings. The first-order chi connectivity index (χ1) is 9.99. The Bertz CT molecular complexity index is 551. The molecule has 1 aromatic carbocycles. The van der Waals surface area contributed by atoms with E-state index in [-0.39, 0.29) is 12.4 Å². The Balaban J connectivity index is 2.21. The predicted octanol–water partition coefficient (Wildman–Crippen LogP) is 1.66. The molecule has 6 heteroatoms. The molecule has 0 aliphatic heterocycles. The lowest BCUT2D eigenvalue weighted by Crippen LogP contribution is -2.45. The van der Waals surface area contributed by atoms with Crippen molar-refractivity contribution in [3.8, 4) is 11.5 Å². The monoisotopic (exact) mass is 293 g/mol. The van der Waals surface area contributed by atoms with Crippen LogP contribution < -0.4 is 15.2 Å². The molecule has 21 heavy (non-hydrogen) atoms. The van der Waals surface area contributed by atoms with Crippen molar-refractivity contribution in [3.63, 3.8) is 0 Å². The number of amides is 1. The number of carbonyl (C=O) groups excluding carboxylic acids is 2. The van der Waals surface area contributed by atoms with Crippen molar-refractivity contribution in [3.05, 3.63) is 23.8 Å². The zero-order chi connectivity index (χ0) is 15.5. The van der Waals surface area contributed by atoms with Gasteiger partial charge in [-0.15, -0.1) is 0 Å². The van der Waals surface area contributed by atoms with Gasteiger partial charge in [0.25, 0.3) is 0 Å². The number of hydrogen-bond donors (Lipinski definition) is 1. The van der Waals surface area contributed by atoms with Crippen LogP contribution in [0.5, 0.6) is 11.5 Å². The first-order valence-electron chi connectivity index (χ1n) is 6.73. The summed E-state index contributed by atoms with van der Waals surface area (Å²) in [5, 5.41) is 0. The van der Waals surface area contributed by atoms with Crippen molar-refractivity contribution in [1.29, 1.82) is 0 Å². The van der Waals surface area contributed by atoms with E-state index in [1.54, 1.807) is 12.1 Å². The molecule has 1 amide bonds. The Morgan fingerprint density at radius 2 is 1.95 bits per heavy atom. The van der Waals surface area contributed by atoms with Crippen LogP contribution in [-0.4, -0.2) is 31.7 Å². The van der Waals surface area contributed by atoms with Gasteiger partial charge in [-0.2, -0.15) is 0 Å². The molecule has 1 aliphatic carbocycles. The number of ether oxygens (including phenoxy) is 3. The second-order valence-electron chi connectivity index (χ2n) is 5.12. The fourth-order valence-electron chi connectivity index (χ4n) is 2.36. The maximum atomic E-state index is 11.5. The number of benzene rings is 1.